The Morgan fingerprint density at radius 3 is 2.58 bits per heavy atom. The number of carbonyl (C=O) groups is 1. The van der Waals surface area contributed by atoms with Gasteiger partial charge < -0.3 is 15.4 Å². The molecule has 1 fully saturated rings. The Hall–Kier alpha value is -1.89. The number of nitrogens with zero attached hydrogens (tertiary/aromatic N) is 2. The molecule has 1 heterocycles. The highest BCUT2D eigenvalue weighted by Gasteiger charge is 2.25. The van der Waals surface area contributed by atoms with Gasteiger partial charge in [0.25, 0.3) is 0 Å². The van der Waals surface area contributed by atoms with Gasteiger partial charge in [0.1, 0.15) is 5.60 Å². The zero-order valence-electron chi connectivity index (χ0n) is 15.4. The van der Waals surface area contributed by atoms with E-state index in [-0.39, 0.29) is 12.1 Å². The molecule has 1 amide bonds. The monoisotopic (exact) mass is 420 g/mol. The number of rotatable bonds is 3. The molecule has 26 heavy (non-hydrogen) atoms. The van der Waals surface area contributed by atoms with E-state index in [2.05, 4.69) is 36.5 Å². The van der Waals surface area contributed by atoms with E-state index in [0.717, 1.165) is 41.1 Å². The lowest BCUT2D eigenvalue weighted by molar-refractivity contribution is 0.0492. The van der Waals surface area contributed by atoms with Gasteiger partial charge in [-0.25, -0.2) is 14.8 Å². The quantitative estimate of drug-likeness (QED) is 0.755. The molecule has 1 aliphatic carbocycles. The Morgan fingerprint density at radius 2 is 1.88 bits per heavy atom. The first-order chi connectivity index (χ1) is 12.3. The highest BCUT2D eigenvalue weighted by atomic mass is 79.9. The summed E-state index contributed by atoms with van der Waals surface area (Å²) in [6.45, 7) is 5.61. The minimum Gasteiger partial charge on any atom is -0.444 e. The Labute approximate surface area is 162 Å². The fraction of sp³-hybridized carbons (Fsp3) is 0.526. The summed E-state index contributed by atoms with van der Waals surface area (Å²) in [7, 11) is 0. The van der Waals surface area contributed by atoms with Crippen LogP contribution in [0.5, 0.6) is 0 Å². The number of aromatic nitrogens is 2. The first-order valence-corrected chi connectivity index (χ1v) is 9.76. The lowest BCUT2D eigenvalue weighted by Gasteiger charge is -2.30. The minimum absolute atomic E-state index is 0.165. The highest BCUT2D eigenvalue weighted by molar-refractivity contribution is 9.10. The third-order valence-corrected chi connectivity index (χ3v) is 4.82. The molecule has 1 aromatic heterocycles. The van der Waals surface area contributed by atoms with Gasteiger partial charge in [0.05, 0.1) is 5.52 Å². The third-order valence-electron chi connectivity index (χ3n) is 4.32. The number of amides is 1. The molecular formula is C19H25BrN4O2. The van der Waals surface area contributed by atoms with Gasteiger partial charge in [-0.15, -0.1) is 0 Å². The van der Waals surface area contributed by atoms with Gasteiger partial charge in [0.15, 0.2) is 0 Å². The minimum atomic E-state index is -0.466. The number of fused-ring (bicyclic) bond motifs is 1. The van der Waals surface area contributed by atoms with Crippen LogP contribution < -0.4 is 10.6 Å². The summed E-state index contributed by atoms with van der Waals surface area (Å²) < 4.78 is 6.34. The van der Waals surface area contributed by atoms with Crippen molar-refractivity contribution in [2.24, 2.45) is 0 Å². The Balaban J connectivity index is 1.51. The number of nitrogens with one attached hydrogen (secondary N) is 2. The van der Waals surface area contributed by atoms with Crippen LogP contribution in [0.25, 0.3) is 10.9 Å². The van der Waals surface area contributed by atoms with E-state index in [1.54, 1.807) is 0 Å². The molecule has 2 N–H and O–H groups in total. The third kappa shape index (κ3) is 5.30. The Morgan fingerprint density at radius 1 is 1.19 bits per heavy atom. The Kier molecular flexibility index (Phi) is 5.65. The van der Waals surface area contributed by atoms with Gasteiger partial charge in [-0.05, 0) is 64.7 Å². The lowest BCUT2D eigenvalue weighted by Crippen LogP contribution is -2.42. The van der Waals surface area contributed by atoms with Crippen molar-refractivity contribution in [2.75, 3.05) is 5.32 Å². The smallest absolute Gasteiger partial charge is 0.407 e. The highest BCUT2D eigenvalue weighted by Crippen LogP contribution is 2.23. The van der Waals surface area contributed by atoms with Gasteiger partial charge in [0.2, 0.25) is 5.95 Å². The van der Waals surface area contributed by atoms with E-state index >= 15 is 0 Å². The molecule has 6 nitrogen and oxygen atoms in total. The molecule has 0 atom stereocenters. The Bertz CT molecular complexity index is 783. The summed E-state index contributed by atoms with van der Waals surface area (Å²) in [5, 5.41) is 7.40. The lowest BCUT2D eigenvalue weighted by atomic mass is 9.91. The maximum absolute atomic E-state index is 11.9. The van der Waals surface area contributed by atoms with Crippen molar-refractivity contribution in [1.82, 2.24) is 15.3 Å². The van der Waals surface area contributed by atoms with Crippen LogP contribution in [0.1, 0.15) is 46.5 Å². The normalized spacial score (nSPS) is 20.6. The van der Waals surface area contributed by atoms with Crippen LogP contribution in [-0.4, -0.2) is 33.7 Å². The second-order valence-corrected chi connectivity index (χ2v) is 8.65. The number of benzene rings is 1. The molecule has 0 bridgehead atoms. The average molecular weight is 421 g/mol. The molecule has 2 aromatic rings. The number of ether oxygens (including phenoxy) is 1. The number of carbonyl (C=O) groups excluding carboxylic acids is 1. The first-order valence-electron chi connectivity index (χ1n) is 8.97. The van der Waals surface area contributed by atoms with E-state index in [9.17, 15) is 4.79 Å². The van der Waals surface area contributed by atoms with Gasteiger partial charge in [-0.3, -0.25) is 0 Å². The second kappa shape index (κ2) is 7.78. The number of halogens is 1. The maximum atomic E-state index is 11.9. The van der Waals surface area contributed by atoms with Crippen LogP contribution in [0.4, 0.5) is 10.7 Å². The molecule has 0 aliphatic heterocycles. The molecule has 0 radical (unpaired) electrons. The van der Waals surface area contributed by atoms with Crippen LogP contribution in [0, 0.1) is 0 Å². The number of alkyl carbamates (subject to hydrolysis) is 1. The average Bonchev–Trinajstić information content (AvgIpc) is 2.55. The van der Waals surface area contributed by atoms with Crippen LogP contribution in [0.2, 0.25) is 0 Å². The maximum Gasteiger partial charge on any atom is 0.407 e. The summed E-state index contributed by atoms with van der Waals surface area (Å²) in [5.41, 5.74) is 0.456. The van der Waals surface area contributed by atoms with Crippen molar-refractivity contribution in [3.8, 4) is 0 Å². The topological polar surface area (TPSA) is 76.1 Å². The van der Waals surface area contributed by atoms with Crippen molar-refractivity contribution < 1.29 is 9.53 Å². The molecule has 1 saturated carbocycles. The zero-order valence-corrected chi connectivity index (χ0v) is 17.0. The summed E-state index contributed by atoms with van der Waals surface area (Å²) >= 11 is 3.46. The number of anilines is 1. The van der Waals surface area contributed by atoms with Crippen molar-refractivity contribution in [1.29, 1.82) is 0 Å². The van der Waals surface area contributed by atoms with E-state index in [1.165, 1.54) is 0 Å². The molecule has 3 rings (SSSR count). The molecule has 140 valence electrons. The summed E-state index contributed by atoms with van der Waals surface area (Å²) in [6.07, 6.45) is 5.25. The zero-order chi connectivity index (χ0) is 18.7. The fourth-order valence-corrected chi connectivity index (χ4v) is 3.49. The molecule has 1 aliphatic rings. The summed E-state index contributed by atoms with van der Waals surface area (Å²) in [4.78, 5) is 20.9. The van der Waals surface area contributed by atoms with Crippen molar-refractivity contribution in [3.63, 3.8) is 0 Å². The molecule has 0 spiro atoms. The van der Waals surface area contributed by atoms with Crippen LogP contribution in [-0.2, 0) is 4.74 Å². The summed E-state index contributed by atoms with van der Waals surface area (Å²) in [5.74, 6) is 0.656. The van der Waals surface area contributed by atoms with Crippen LogP contribution in [0.15, 0.2) is 28.9 Å². The number of hydrogen-bond acceptors (Lipinski definition) is 5. The van der Waals surface area contributed by atoms with E-state index in [0.29, 0.717) is 12.0 Å². The van der Waals surface area contributed by atoms with Gasteiger partial charge >= 0.3 is 6.09 Å². The predicted molar refractivity (Wildman–Crippen MR) is 106 cm³/mol. The first kappa shape index (κ1) is 18.9. The molecule has 0 saturated heterocycles. The molecule has 7 heteroatoms. The van der Waals surface area contributed by atoms with E-state index in [4.69, 9.17) is 4.74 Å². The second-order valence-electron chi connectivity index (χ2n) is 7.74. The van der Waals surface area contributed by atoms with Crippen molar-refractivity contribution >= 4 is 38.9 Å². The SMILES string of the molecule is CC(C)(C)OC(=O)NC1CCC(Nc2ncc3cc(Br)ccc3n2)CC1. The molecular weight excluding hydrogens is 396 g/mol. The van der Waals surface area contributed by atoms with Crippen molar-refractivity contribution in [2.45, 2.75) is 64.1 Å². The number of hydrogen-bond donors (Lipinski definition) is 2. The van der Waals surface area contributed by atoms with Crippen LogP contribution >= 0.6 is 15.9 Å². The standard InChI is InChI=1S/C19H25BrN4O2/c1-19(2,3)26-18(25)23-15-7-5-14(6-8-15)22-17-21-11-12-10-13(20)4-9-16(12)24-17/h4,9-11,14-15H,5-8H2,1-3H3,(H,23,25)(H,21,22,24). The van der Waals surface area contributed by atoms with Gasteiger partial charge in [0, 0.05) is 28.1 Å². The van der Waals surface area contributed by atoms with Crippen molar-refractivity contribution in [3.05, 3.63) is 28.9 Å². The molecule has 1 aromatic carbocycles. The van der Waals surface area contributed by atoms with Gasteiger partial charge in [-0.1, -0.05) is 15.9 Å². The largest absolute Gasteiger partial charge is 0.444 e. The van der Waals surface area contributed by atoms with E-state index < -0.39 is 5.60 Å². The van der Waals surface area contributed by atoms with Crippen LogP contribution in [0.3, 0.4) is 0 Å². The fourth-order valence-electron chi connectivity index (χ4n) is 3.11. The van der Waals surface area contributed by atoms with Gasteiger partial charge in [-0.2, -0.15) is 0 Å². The molecule has 0 unspecified atom stereocenters. The predicted octanol–water partition coefficient (Wildman–Crippen LogP) is 4.64. The van der Waals surface area contributed by atoms with E-state index in [1.807, 2.05) is 45.2 Å². The summed E-state index contributed by atoms with van der Waals surface area (Å²) in [6, 6.07) is 6.45.